The molecule has 190 valence electrons. The van der Waals surface area contributed by atoms with Crippen LogP contribution in [0.25, 0.3) is 22.1 Å². The fourth-order valence-electron chi connectivity index (χ4n) is 4.64. The smallest absolute Gasteiger partial charge is 0.312 e. The molecule has 0 spiro atoms. The van der Waals surface area contributed by atoms with E-state index in [1.54, 1.807) is 50.6 Å². The van der Waals surface area contributed by atoms with E-state index < -0.39 is 17.3 Å². The van der Waals surface area contributed by atoms with Crippen molar-refractivity contribution in [3.8, 4) is 39.9 Å². The third kappa shape index (κ3) is 4.35. The molecule has 0 fully saturated rings. The number of methoxy groups -OCH3 is 2. The second-order valence-electron chi connectivity index (χ2n) is 9.03. The lowest BCUT2D eigenvalue weighted by Gasteiger charge is -2.26. The summed E-state index contributed by atoms with van der Waals surface area (Å²) in [4.78, 5) is 26.1. The number of aromatic hydroxyl groups is 1. The van der Waals surface area contributed by atoms with Gasteiger partial charge < -0.3 is 28.5 Å². The molecule has 1 N–H and O–H groups in total. The van der Waals surface area contributed by atoms with Crippen molar-refractivity contribution in [2.24, 2.45) is 0 Å². The molecule has 0 radical (unpaired) electrons. The van der Waals surface area contributed by atoms with Gasteiger partial charge in [-0.3, -0.25) is 9.59 Å². The Balaban J connectivity index is 1.68. The molecule has 37 heavy (non-hydrogen) atoms. The number of ether oxygens (including phenoxy) is 4. The largest absolute Gasteiger partial charge is 0.507 e. The van der Waals surface area contributed by atoms with Crippen LogP contribution in [0.3, 0.4) is 0 Å². The van der Waals surface area contributed by atoms with Crippen LogP contribution in [0, 0.1) is 0 Å². The van der Waals surface area contributed by atoms with Crippen molar-refractivity contribution >= 4 is 16.9 Å². The van der Waals surface area contributed by atoms with Gasteiger partial charge in [0.05, 0.1) is 32.3 Å². The van der Waals surface area contributed by atoms with Crippen LogP contribution in [0.5, 0.6) is 28.7 Å². The van der Waals surface area contributed by atoms with E-state index in [0.29, 0.717) is 28.4 Å². The molecule has 0 saturated heterocycles. The Labute approximate surface area is 213 Å². The van der Waals surface area contributed by atoms with Crippen molar-refractivity contribution in [1.82, 2.24) is 0 Å². The number of carbonyl (C=O) groups is 1. The minimum Gasteiger partial charge on any atom is -0.507 e. The van der Waals surface area contributed by atoms with Gasteiger partial charge in [0.25, 0.3) is 0 Å². The van der Waals surface area contributed by atoms with E-state index in [2.05, 4.69) is 0 Å². The molecule has 4 aromatic rings. The number of esters is 1. The van der Waals surface area contributed by atoms with Crippen LogP contribution in [0.15, 0.2) is 64.0 Å². The first kappa shape index (κ1) is 24.2. The zero-order valence-electron chi connectivity index (χ0n) is 20.9. The summed E-state index contributed by atoms with van der Waals surface area (Å²) in [5.74, 6) is 0.587. The van der Waals surface area contributed by atoms with E-state index in [1.807, 2.05) is 19.9 Å². The molecular formula is C29H26O8. The van der Waals surface area contributed by atoms with Crippen LogP contribution in [0.2, 0.25) is 0 Å². The van der Waals surface area contributed by atoms with Gasteiger partial charge in [0, 0.05) is 17.5 Å². The van der Waals surface area contributed by atoms with Crippen LogP contribution < -0.4 is 24.4 Å². The summed E-state index contributed by atoms with van der Waals surface area (Å²) >= 11 is 0. The maximum atomic E-state index is 13.5. The molecule has 3 aromatic carbocycles. The molecular weight excluding hydrogens is 476 g/mol. The van der Waals surface area contributed by atoms with Gasteiger partial charge in [0.1, 0.15) is 34.5 Å². The number of phenols is 1. The number of carbonyl (C=O) groups excluding carboxylic acids is 1. The van der Waals surface area contributed by atoms with Gasteiger partial charge in [-0.15, -0.1) is 0 Å². The van der Waals surface area contributed by atoms with Gasteiger partial charge in [-0.05, 0) is 49.2 Å². The average Bonchev–Trinajstić information content (AvgIpc) is 2.88. The molecule has 5 rings (SSSR count). The number of hydrogen-bond acceptors (Lipinski definition) is 8. The molecule has 0 amide bonds. The molecule has 1 aliphatic rings. The Hall–Kier alpha value is -4.46. The van der Waals surface area contributed by atoms with Gasteiger partial charge in [0.15, 0.2) is 11.5 Å². The van der Waals surface area contributed by atoms with E-state index >= 15 is 0 Å². The van der Waals surface area contributed by atoms with Crippen molar-refractivity contribution in [3.05, 3.63) is 76.1 Å². The highest BCUT2D eigenvalue weighted by Crippen LogP contribution is 2.47. The first-order valence-electron chi connectivity index (χ1n) is 11.8. The van der Waals surface area contributed by atoms with Crippen molar-refractivity contribution < 1.29 is 33.3 Å². The maximum Gasteiger partial charge on any atom is 0.312 e. The van der Waals surface area contributed by atoms with Crippen molar-refractivity contribution in [3.63, 3.8) is 0 Å². The summed E-state index contributed by atoms with van der Waals surface area (Å²) in [6.07, 6.45) is 1.33. The van der Waals surface area contributed by atoms with Crippen LogP contribution in [-0.4, -0.2) is 31.4 Å². The summed E-state index contributed by atoms with van der Waals surface area (Å²) in [5, 5.41) is 10.8. The highest BCUT2D eigenvalue weighted by molar-refractivity contribution is 5.94. The molecule has 2 heterocycles. The number of fused-ring (bicyclic) bond motifs is 3. The first-order chi connectivity index (χ1) is 17.8. The monoisotopic (exact) mass is 502 g/mol. The van der Waals surface area contributed by atoms with E-state index in [9.17, 15) is 14.7 Å². The Kier molecular flexibility index (Phi) is 6.25. The Morgan fingerprint density at radius 3 is 2.41 bits per heavy atom. The highest BCUT2D eigenvalue weighted by atomic mass is 16.5. The van der Waals surface area contributed by atoms with E-state index in [0.717, 1.165) is 5.56 Å². The molecule has 1 aliphatic heterocycles. The lowest BCUT2D eigenvalue weighted by molar-refractivity contribution is -0.135. The number of rotatable bonds is 6. The third-order valence-electron chi connectivity index (χ3n) is 6.32. The van der Waals surface area contributed by atoms with Crippen molar-refractivity contribution in [1.29, 1.82) is 0 Å². The standard InChI is InChI=1S/C29H26O8/c1-15(2)36-22-10-7-17(11-23(22)34-4)19-12-25(31)37-24-13-21(30)27-28(32)20(14-35-29(27)26(19)24)16-5-8-18(33-3)9-6-16/h5-11,13-15,19,30H,12H2,1-4H3. The lowest BCUT2D eigenvalue weighted by atomic mass is 9.84. The second-order valence-corrected chi connectivity index (χ2v) is 9.03. The Morgan fingerprint density at radius 1 is 0.973 bits per heavy atom. The molecule has 0 saturated carbocycles. The first-order valence-corrected chi connectivity index (χ1v) is 11.8. The molecule has 0 aliphatic carbocycles. The summed E-state index contributed by atoms with van der Waals surface area (Å²) in [6, 6.07) is 13.7. The second kappa shape index (κ2) is 9.54. The van der Waals surface area contributed by atoms with Gasteiger partial charge in [-0.2, -0.15) is 0 Å². The van der Waals surface area contributed by atoms with Crippen LogP contribution in [-0.2, 0) is 4.79 Å². The SMILES string of the molecule is COc1ccc(-c2coc3c4c(cc(O)c3c2=O)OC(=O)CC4c2ccc(OC(C)C)c(OC)c2)cc1. The van der Waals surface area contributed by atoms with Crippen LogP contribution >= 0.6 is 0 Å². The van der Waals surface area contributed by atoms with Gasteiger partial charge in [-0.1, -0.05) is 18.2 Å². The Bertz CT molecular complexity index is 1550. The maximum absolute atomic E-state index is 13.5. The minimum atomic E-state index is -0.503. The summed E-state index contributed by atoms with van der Waals surface area (Å²) in [6.45, 7) is 3.84. The zero-order chi connectivity index (χ0) is 26.3. The number of phenolic OH excluding ortho intramolecular Hbond substituents is 1. The summed E-state index contributed by atoms with van der Waals surface area (Å²) in [7, 11) is 3.10. The number of benzene rings is 3. The van der Waals surface area contributed by atoms with E-state index in [1.165, 1.54) is 12.3 Å². The zero-order valence-corrected chi connectivity index (χ0v) is 20.9. The molecule has 8 heteroatoms. The quantitative estimate of drug-likeness (QED) is 0.276. The van der Waals surface area contributed by atoms with E-state index in [4.69, 9.17) is 23.4 Å². The minimum absolute atomic E-state index is 0.0155. The van der Waals surface area contributed by atoms with Crippen LogP contribution in [0.4, 0.5) is 0 Å². The summed E-state index contributed by atoms with van der Waals surface area (Å²) in [5.41, 5.74) is 1.91. The molecule has 1 atom stereocenters. The third-order valence-corrected chi connectivity index (χ3v) is 6.32. The molecule has 0 bridgehead atoms. The molecule has 1 unspecified atom stereocenters. The Morgan fingerprint density at radius 2 is 1.73 bits per heavy atom. The average molecular weight is 503 g/mol. The fourth-order valence-corrected chi connectivity index (χ4v) is 4.64. The predicted octanol–water partition coefficient (Wildman–Crippen LogP) is 5.41. The topological polar surface area (TPSA) is 104 Å². The normalized spacial score (nSPS) is 14.8. The molecule has 8 nitrogen and oxygen atoms in total. The van der Waals surface area contributed by atoms with E-state index in [-0.39, 0.29) is 40.6 Å². The van der Waals surface area contributed by atoms with Crippen molar-refractivity contribution in [2.45, 2.75) is 32.3 Å². The number of hydrogen-bond donors (Lipinski definition) is 1. The molecule has 1 aromatic heterocycles. The van der Waals surface area contributed by atoms with Gasteiger partial charge in [-0.25, -0.2) is 0 Å². The van der Waals surface area contributed by atoms with Crippen molar-refractivity contribution in [2.75, 3.05) is 14.2 Å². The van der Waals surface area contributed by atoms with Gasteiger partial charge >= 0.3 is 5.97 Å². The van der Waals surface area contributed by atoms with Gasteiger partial charge in [0.2, 0.25) is 5.43 Å². The fraction of sp³-hybridized carbons (Fsp3) is 0.241. The van der Waals surface area contributed by atoms with Crippen LogP contribution in [0.1, 0.15) is 37.3 Å². The summed E-state index contributed by atoms with van der Waals surface area (Å²) < 4.78 is 28.0. The highest BCUT2D eigenvalue weighted by Gasteiger charge is 2.34. The predicted molar refractivity (Wildman–Crippen MR) is 137 cm³/mol. The lowest BCUT2D eigenvalue weighted by Crippen LogP contribution is -2.22.